The van der Waals surface area contributed by atoms with Gasteiger partial charge in [0.15, 0.2) is 0 Å². The number of hydrogen-bond acceptors (Lipinski definition) is 2. The van der Waals surface area contributed by atoms with Crippen molar-refractivity contribution in [3.05, 3.63) is 29.6 Å². The number of halogens is 1. The Morgan fingerprint density at radius 1 is 1.32 bits per heavy atom. The van der Waals surface area contributed by atoms with Crippen LogP contribution >= 0.6 is 0 Å². The lowest BCUT2D eigenvalue weighted by molar-refractivity contribution is 0.321. The fourth-order valence-electron chi connectivity index (χ4n) is 3.06. The Balaban J connectivity index is 2.33. The van der Waals surface area contributed by atoms with Gasteiger partial charge in [-0.2, -0.15) is 0 Å². The lowest BCUT2D eigenvalue weighted by Gasteiger charge is -2.37. The van der Waals surface area contributed by atoms with Crippen LogP contribution in [0.5, 0.6) is 0 Å². The summed E-state index contributed by atoms with van der Waals surface area (Å²) in [4.78, 5) is 2.23. The quantitative estimate of drug-likeness (QED) is 0.899. The first kappa shape index (κ1) is 14.3. The van der Waals surface area contributed by atoms with Gasteiger partial charge in [0, 0.05) is 18.6 Å². The molecule has 2 rings (SSSR count). The average Bonchev–Trinajstić information content (AvgIpc) is 2.62. The second kappa shape index (κ2) is 5.91. The molecule has 2 nitrogen and oxygen atoms in total. The molecule has 1 saturated heterocycles. The molecular formula is C16H25FN2. The molecule has 0 radical (unpaired) electrons. The maximum absolute atomic E-state index is 14.2. The van der Waals surface area contributed by atoms with E-state index in [0.717, 1.165) is 50.1 Å². The molecule has 1 fully saturated rings. The van der Waals surface area contributed by atoms with Crippen molar-refractivity contribution in [2.75, 3.05) is 24.5 Å². The molecule has 106 valence electrons. The normalized spacial score (nSPS) is 19.3. The second-order valence-corrected chi connectivity index (χ2v) is 5.59. The van der Waals surface area contributed by atoms with Gasteiger partial charge in [-0.25, -0.2) is 4.39 Å². The van der Waals surface area contributed by atoms with Gasteiger partial charge in [0.1, 0.15) is 5.82 Å². The van der Waals surface area contributed by atoms with Crippen LogP contribution in [0.25, 0.3) is 0 Å². The number of para-hydroxylation sites is 1. The molecule has 1 heterocycles. The van der Waals surface area contributed by atoms with Gasteiger partial charge in [-0.3, -0.25) is 0 Å². The average molecular weight is 264 g/mol. The van der Waals surface area contributed by atoms with Gasteiger partial charge >= 0.3 is 0 Å². The number of rotatable bonds is 3. The molecule has 0 unspecified atom stereocenters. The van der Waals surface area contributed by atoms with Crippen LogP contribution < -0.4 is 10.2 Å². The van der Waals surface area contributed by atoms with E-state index in [-0.39, 0.29) is 11.4 Å². The molecule has 1 N–H and O–H groups in total. The highest BCUT2D eigenvalue weighted by Gasteiger charge is 2.31. The van der Waals surface area contributed by atoms with E-state index in [2.05, 4.69) is 24.1 Å². The number of benzene rings is 1. The van der Waals surface area contributed by atoms with Crippen molar-refractivity contribution in [3.8, 4) is 0 Å². The summed E-state index contributed by atoms with van der Waals surface area (Å²) in [5.74, 6) is -0.0944. The lowest BCUT2D eigenvalue weighted by Crippen LogP contribution is -2.51. The molecule has 1 aromatic rings. The van der Waals surface area contributed by atoms with Crippen molar-refractivity contribution >= 4 is 5.69 Å². The predicted octanol–water partition coefficient (Wildman–Crippen LogP) is 3.49. The fraction of sp³-hybridized carbons (Fsp3) is 0.625. The van der Waals surface area contributed by atoms with Crippen LogP contribution in [0.1, 0.15) is 38.7 Å². The molecule has 0 amide bonds. The van der Waals surface area contributed by atoms with E-state index in [1.807, 2.05) is 13.0 Å². The molecule has 0 saturated carbocycles. The summed E-state index contributed by atoms with van der Waals surface area (Å²) in [6.07, 6.45) is 3.22. The molecule has 1 aliphatic rings. The third-order valence-electron chi connectivity index (χ3n) is 4.46. The van der Waals surface area contributed by atoms with Gasteiger partial charge in [-0.15, -0.1) is 0 Å². The van der Waals surface area contributed by atoms with E-state index in [1.54, 1.807) is 12.1 Å². The maximum Gasteiger partial charge on any atom is 0.146 e. The van der Waals surface area contributed by atoms with E-state index >= 15 is 0 Å². The zero-order chi connectivity index (χ0) is 13.9. The third-order valence-corrected chi connectivity index (χ3v) is 4.46. The number of nitrogens with zero attached hydrogens (tertiary/aromatic N) is 1. The lowest BCUT2D eigenvalue weighted by atomic mass is 9.92. The minimum Gasteiger partial charge on any atom is -0.367 e. The minimum atomic E-state index is -0.0944. The van der Waals surface area contributed by atoms with Gasteiger partial charge in [-0.05, 0) is 44.4 Å². The zero-order valence-electron chi connectivity index (χ0n) is 12.3. The van der Waals surface area contributed by atoms with Crippen LogP contribution in [0, 0.1) is 12.7 Å². The molecule has 0 aliphatic carbocycles. The fourth-order valence-corrected chi connectivity index (χ4v) is 3.06. The Hall–Kier alpha value is -1.09. The number of aryl methyl sites for hydroxylation is 1. The first-order valence-corrected chi connectivity index (χ1v) is 7.37. The standard InChI is InChI=1S/C16H25FN2/c1-4-16(5-2)12-19(11-7-10-18-16)15-13(3)8-6-9-14(15)17/h6,8-9,18H,4-5,7,10-12H2,1-3H3. The van der Waals surface area contributed by atoms with E-state index in [4.69, 9.17) is 0 Å². The van der Waals surface area contributed by atoms with E-state index < -0.39 is 0 Å². The van der Waals surface area contributed by atoms with E-state index in [9.17, 15) is 4.39 Å². The Morgan fingerprint density at radius 3 is 2.68 bits per heavy atom. The molecular weight excluding hydrogens is 239 g/mol. The van der Waals surface area contributed by atoms with Crippen molar-refractivity contribution in [3.63, 3.8) is 0 Å². The largest absolute Gasteiger partial charge is 0.367 e. The Bertz CT molecular complexity index is 407. The van der Waals surface area contributed by atoms with Gasteiger partial charge in [-0.1, -0.05) is 26.0 Å². The van der Waals surface area contributed by atoms with Gasteiger partial charge in [0.05, 0.1) is 5.69 Å². The second-order valence-electron chi connectivity index (χ2n) is 5.59. The van der Waals surface area contributed by atoms with Gasteiger partial charge in [0.25, 0.3) is 0 Å². The molecule has 1 aromatic carbocycles. The highest BCUT2D eigenvalue weighted by molar-refractivity contribution is 5.54. The summed E-state index contributed by atoms with van der Waals surface area (Å²) in [6, 6.07) is 5.35. The van der Waals surface area contributed by atoms with Gasteiger partial charge < -0.3 is 10.2 Å². The third kappa shape index (κ3) is 2.92. The van der Waals surface area contributed by atoms with E-state index in [0.29, 0.717) is 0 Å². The van der Waals surface area contributed by atoms with Crippen LogP contribution in [0.2, 0.25) is 0 Å². The molecule has 0 aromatic heterocycles. The number of hydrogen-bond donors (Lipinski definition) is 1. The Kier molecular flexibility index (Phi) is 4.46. The van der Waals surface area contributed by atoms with Crippen LogP contribution in [-0.4, -0.2) is 25.2 Å². The summed E-state index contributed by atoms with van der Waals surface area (Å²) in [6.45, 7) is 9.27. The van der Waals surface area contributed by atoms with Gasteiger partial charge in [0.2, 0.25) is 0 Å². The Labute approximate surface area is 116 Å². The SMILES string of the molecule is CCC1(CC)CN(c2c(C)cccc2F)CCCN1. The maximum atomic E-state index is 14.2. The monoisotopic (exact) mass is 264 g/mol. The van der Waals surface area contributed by atoms with Crippen molar-refractivity contribution in [2.24, 2.45) is 0 Å². The molecule has 1 aliphatic heterocycles. The van der Waals surface area contributed by atoms with Crippen molar-refractivity contribution in [1.29, 1.82) is 0 Å². The number of nitrogens with one attached hydrogen (secondary N) is 1. The van der Waals surface area contributed by atoms with Crippen LogP contribution in [-0.2, 0) is 0 Å². The molecule has 3 heteroatoms. The first-order valence-electron chi connectivity index (χ1n) is 7.37. The van der Waals surface area contributed by atoms with Crippen molar-refractivity contribution < 1.29 is 4.39 Å². The van der Waals surface area contributed by atoms with Crippen LogP contribution in [0.4, 0.5) is 10.1 Å². The molecule has 0 spiro atoms. The summed E-state index contributed by atoms with van der Waals surface area (Å²) in [5.41, 5.74) is 1.94. The Morgan fingerprint density at radius 2 is 2.05 bits per heavy atom. The van der Waals surface area contributed by atoms with Crippen molar-refractivity contribution in [1.82, 2.24) is 5.32 Å². The summed E-state index contributed by atoms with van der Waals surface area (Å²) in [7, 11) is 0. The minimum absolute atomic E-state index is 0.0944. The van der Waals surface area contributed by atoms with Crippen LogP contribution in [0.15, 0.2) is 18.2 Å². The van der Waals surface area contributed by atoms with Crippen molar-refractivity contribution in [2.45, 2.75) is 45.6 Å². The molecule has 0 atom stereocenters. The highest BCUT2D eigenvalue weighted by Crippen LogP contribution is 2.29. The molecule has 19 heavy (non-hydrogen) atoms. The number of anilines is 1. The van der Waals surface area contributed by atoms with Crippen LogP contribution in [0.3, 0.4) is 0 Å². The smallest absolute Gasteiger partial charge is 0.146 e. The predicted molar refractivity (Wildman–Crippen MR) is 79.3 cm³/mol. The summed E-state index contributed by atoms with van der Waals surface area (Å²) < 4.78 is 14.2. The summed E-state index contributed by atoms with van der Waals surface area (Å²) in [5, 5.41) is 3.67. The zero-order valence-corrected chi connectivity index (χ0v) is 12.3. The highest BCUT2D eigenvalue weighted by atomic mass is 19.1. The summed E-state index contributed by atoms with van der Waals surface area (Å²) >= 11 is 0. The topological polar surface area (TPSA) is 15.3 Å². The molecule has 0 bridgehead atoms. The first-order chi connectivity index (χ1) is 9.12. The van der Waals surface area contributed by atoms with E-state index in [1.165, 1.54) is 0 Å².